The van der Waals surface area contributed by atoms with E-state index < -0.39 is 23.7 Å². The highest BCUT2D eigenvalue weighted by molar-refractivity contribution is 7.12. The molecule has 1 fully saturated rings. The van der Waals surface area contributed by atoms with Gasteiger partial charge in [0.2, 0.25) is 0 Å². The number of aromatic nitrogens is 1. The van der Waals surface area contributed by atoms with Gasteiger partial charge in [-0.05, 0) is 14.1 Å². The van der Waals surface area contributed by atoms with E-state index >= 15 is 0 Å². The van der Waals surface area contributed by atoms with Crippen LogP contribution in [0.5, 0.6) is 0 Å². The predicted molar refractivity (Wildman–Crippen MR) is 58.4 cm³/mol. The van der Waals surface area contributed by atoms with Gasteiger partial charge in [0.25, 0.3) is 5.92 Å². The minimum atomic E-state index is -3.17. The molecule has 2 rings (SSSR count). The number of carbonyl (C=O) groups is 1. The normalized spacial score (nSPS) is 26.2. The van der Waals surface area contributed by atoms with E-state index in [0.717, 1.165) is 16.2 Å². The Balaban J connectivity index is 2.28. The lowest BCUT2D eigenvalue weighted by atomic mass is 10.1. The molecule has 4 nitrogen and oxygen atoms in total. The number of hydrogen-bond acceptors (Lipinski definition) is 4. The second-order valence-electron chi connectivity index (χ2n) is 4.46. The zero-order chi connectivity index (χ0) is 12.8. The molecule has 1 aromatic heterocycles. The molecular weight excluding hydrogens is 250 g/mol. The Kier molecular flexibility index (Phi) is 2.70. The van der Waals surface area contributed by atoms with E-state index in [0.29, 0.717) is 6.54 Å². The zero-order valence-electron chi connectivity index (χ0n) is 9.41. The number of carboxylic acids is 1. The molecule has 0 radical (unpaired) electrons. The lowest BCUT2D eigenvalue weighted by Crippen LogP contribution is -2.26. The fraction of sp³-hybridized carbons (Fsp3) is 0.600. The van der Waals surface area contributed by atoms with E-state index in [4.69, 9.17) is 5.11 Å². The van der Waals surface area contributed by atoms with Crippen LogP contribution in [0, 0.1) is 0 Å². The summed E-state index contributed by atoms with van der Waals surface area (Å²) in [6, 6.07) is 0. The number of rotatable bonds is 4. The number of nitrogens with zero attached hydrogens (tertiary/aromatic N) is 2. The molecule has 0 saturated heterocycles. The first-order valence-corrected chi connectivity index (χ1v) is 5.82. The van der Waals surface area contributed by atoms with Crippen molar-refractivity contribution in [3.8, 4) is 0 Å². The van der Waals surface area contributed by atoms with Crippen molar-refractivity contribution in [2.24, 2.45) is 0 Å². The van der Waals surface area contributed by atoms with Crippen LogP contribution in [-0.2, 0) is 16.8 Å². The number of hydrogen-bond donors (Lipinski definition) is 1. The van der Waals surface area contributed by atoms with Crippen LogP contribution in [0.15, 0.2) is 6.20 Å². The molecule has 0 aromatic carbocycles. The van der Waals surface area contributed by atoms with Crippen molar-refractivity contribution in [1.82, 2.24) is 9.88 Å². The van der Waals surface area contributed by atoms with Crippen molar-refractivity contribution in [3.63, 3.8) is 0 Å². The second-order valence-corrected chi connectivity index (χ2v) is 5.58. The van der Waals surface area contributed by atoms with Gasteiger partial charge >= 0.3 is 5.97 Å². The molecule has 1 aliphatic rings. The second kappa shape index (κ2) is 3.71. The van der Waals surface area contributed by atoms with Crippen LogP contribution in [0.3, 0.4) is 0 Å². The summed E-state index contributed by atoms with van der Waals surface area (Å²) in [7, 11) is 3.69. The summed E-state index contributed by atoms with van der Waals surface area (Å²) in [4.78, 5) is 17.5. The van der Waals surface area contributed by atoms with Gasteiger partial charge in [-0.1, -0.05) is 0 Å². The van der Waals surface area contributed by atoms with Gasteiger partial charge in [0, 0.05) is 24.0 Å². The molecule has 94 valence electrons. The van der Waals surface area contributed by atoms with Crippen LogP contribution in [-0.4, -0.2) is 41.0 Å². The lowest BCUT2D eigenvalue weighted by molar-refractivity contribution is -0.142. The summed E-state index contributed by atoms with van der Waals surface area (Å²) in [5.74, 6) is -4.67. The van der Waals surface area contributed by atoms with E-state index in [2.05, 4.69) is 4.98 Å². The fourth-order valence-electron chi connectivity index (χ4n) is 1.73. The molecule has 0 spiro atoms. The lowest BCUT2D eigenvalue weighted by Gasteiger charge is -2.07. The van der Waals surface area contributed by atoms with Crippen LogP contribution < -0.4 is 0 Å². The monoisotopic (exact) mass is 262 g/mol. The first-order chi connectivity index (χ1) is 7.79. The van der Waals surface area contributed by atoms with Gasteiger partial charge in [0.05, 0.1) is 0 Å². The summed E-state index contributed by atoms with van der Waals surface area (Å²) in [6.07, 6.45) is 0.823. The molecule has 0 amide bonds. The molecule has 1 N–H and O–H groups in total. The maximum atomic E-state index is 13.2. The van der Waals surface area contributed by atoms with Crippen molar-refractivity contribution >= 4 is 17.3 Å². The molecule has 1 heterocycles. The Morgan fingerprint density at radius 1 is 1.65 bits per heavy atom. The van der Waals surface area contributed by atoms with Crippen molar-refractivity contribution in [3.05, 3.63) is 16.1 Å². The van der Waals surface area contributed by atoms with Gasteiger partial charge in [-0.2, -0.15) is 0 Å². The Hall–Kier alpha value is -1.08. The first-order valence-electron chi connectivity index (χ1n) is 5.01. The SMILES string of the molecule is CN(C)Cc1cnc(C2(C(=O)O)CC2(F)F)s1. The van der Waals surface area contributed by atoms with Gasteiger partial charge < -0.3 is 10.0 Å². The summed E-state index contributed by atoms with van der Waals surface area (Å²) in [5, 5.41) is 8.97. The molecule has 0 bridgehead atoms. The Labute approximate surface area is 101 Å². The number of aliphatic carboxylic acids is 1. The largest absolute Gasteiger partial charge is 0.480 e. The number of halogens is 2. The Bertz CT molecular complexity index is 461. The van der Waals surface area contributed by atoms with Gasteiger partial charge in [0.15, 0.2) is 5.41 Å². The van der Waals surface area contributed by atoms with E-state index in [9.17, 15) is 13.6 Å². The van der Waals surface area contributed by atoms with Gasteiger partial charge in [0.1, 0.15) is 5.01 Å². The fourth-order valence-corrected chi connectivity index (χ4v) is 3.00. The molecule has 17 heavy (non-hydrogen) atoms. The van der Waals surface area contributed by atoms with Gasteiger partial charge in [-0.3, -0.25) is 4.79 Å². The third-order valence-corrected chi connectivity index (χ3v) is 3.89. The summed E-state index contributed by atoms with van der Waals surface area (Å²) in [6.45, 7) is 0.568. The van der Waals surface area contributed by atoms with Crippen molar-refractivity contribution in [2.75, 3.05) is 14.1 Å². The molecule has 7 heteroatoms. The summed E-state index contributed by atoms with van der Waals surface area (Å²) < 4.78 is 26.5. The number of carboxylic acid groups (broad SMARTS) is 1. The van der Waals surface area contributed by atoms with Crippen molar-refractivity contribution in [1.29, 1.82) is 0 Å². The molecule has 1 aromatic rings. The first kappa shape index (κ1) is 12.4. The minimum absolute atomic E-state index is 0.00634. The van der Waals surface area contributed by atoms with Crippen molar-refractivity contribution < 1.29 is 18.7 Å². The van der Waals surface area contributed by atoms with E-state index in [1.165, 1.54) is 6.20 Å². The van der Waals surface area contributed by atoms with Gasteiger partial charge in [-0.25, -0.2) is 13.8 Å². The predicted octanol–water partition coefficient (Wildman–Crippen LogP) is 1.57. The summed E-state index contributed by atoms with van der Waals surface area (Å²) >= 11 is 1.05. The van der Waals surface area contributed by atoms with Crippen LogP contribution in [0.25, 0.3) is 0 Å². The Morgan fingerprint density at radius 2 is 2.24 bits per heavy atom. The van der Waals surface area contributed by atoms with Crippen LogP contribution in [0.1, 0.15) is 16.3 Å². The third kappa shape index (κ3) is 1.83. The zero-order valence-corrected chi connectivity index (χ0v) is 10.2. The highest BCUT2D eigenvalue weighted by atomic mass is 32.1. The standard InChI is InChI=1S/C10H12F2N2O2S/c1-14(2)4-6-3-13-7(17-6)9(8(15)16)5-10(9,11)12/h3H,4-5H2,1-2H3,(H,15,16). The maximum Gasteiger partial charge on any atom is 0.323 e. The molecule has 1 saturated carbocycles. The molecule has 1 aliphatic carbocycles. The average molecular weight is 262 g/mol. The van der Waals surface area contributed by atoms with E-state index in [1.807, 2.05) is 19.0 Å². The topological polar surface area (TPSA) is 53.4 Å². The van der Waals surface area contributed by atoms with Crippen LogP contribution in [0.4, 0.5) is 8.78 Å². The van der Waals surface area contributed by atoms with E-state index in [1.54, 1.807) is 0 Å². The van der Waals surface area contributed by atoms with Crippen LogP contribution in [0.2, 0.25) is 0 Å². The molecule has 1 unspecified atom stereocenters. The average Bonchev–Trinajstić information content (AvgIpc) is 2.55. The molecular formula is C10H12F2N2O2S. The molecule has 1 atom stereocenters. The maximum absolute atomic E-state index is 13.2. The summed E-state index contributed by atoms with van der Waals surface area (Å²) in [5.41, 5.74) is -2.08. The van der Waals surface area contributed by atoms with Crippen LogP contribution >= 0.6 is 11.3 Å². The number of alkyl halides is 2. The van der Waals surface area contributed by atoms with Crippen molar-refractivity contribution in [2.45, 2.75) is 24.3 Å². The number of thiazole rings is 1. The third-order valence-electron chi connectivity index (χ3n) is 2.74. The minimum Gasteiger partial charge on any atom is -0.480 e. The smallest absolute Gasteiger partial charge is 0.323 e. The highest BCUT2D eigenvalue weighted by Gasteiger charge is 2.79. The van der Waals surface area contributed by atoms with E-state index in [-0.39, 0.29) is 5.01 Å². The van der Waals surface area contributed by atoms with Gasteiger partial charge in [-0.15, -0.1) is 11.3 Å². The Morgan fingerprint density at radius 3 is 2.65 bits per heavy atom. The molecule has 0 aliphatic heterocycles. The quantitative estimate of drug-likeness (QED) is 0.894. The highest BCUT2D eigenvalue weighted by Crippen LogP contribution is 2.62.